The third kappa shape index (κ3) is 3.15. The van der Waals surface area contributed by atoms with E-state index in [0.29, 0.717) is 11.4 Å². The van der Waals surface area contributed by atoms with Crippen molar-refractivity contribution in [2.45, 2.75) is 25.9 Å². The van der Waals surface area contributed by atoms with E-state index in [9.17, 15) is 9.50 Å². The van der Waals surface area contributed by atoms with Gasteiger partial charge in [0.15, 0.2) is 0 Å². The monoisotopic (exact) mass is 265 g/mol. The van der Waals surface area contributed by atoms with Gasteiger partial charge in [-0.25, -0.2) is 4.39 Å². The van der Waals surface area contributed by atoms with Gasteiger partial charge in [-0.05, 0) is 31.5 Å². The van der Waals surface area contributed by atoms with Gasteiger partial charge in [-0.15, -0.1) is 0 Å². The van der Waals surface area contributed by atoms with E-state index >= 15 is 0 Å². The molecule has 0 bridgehead atoms. The number of hydrogen-bond donors (Lipinski definition) is 2. The van der Waals surface area contributed by atoms with Gasteiger partial charge in [-0.2, -0.15) is 4.98 Å². The highest BCUT2D eigenvalue weighted by atomic mass is 19.1. The molecule has 102 valence electrons. The van der Waals surface area contributed by atoms with E-state index in [2.05, 4.69) is 10.1 Å². The Morgan fingerprint density at radius 2 is 2.21 bits per heavy atom. The van der Waals surface area contributed by atoms with Gasteiger partial charge in [0.25, 0.3) is 0 Å². The molecular formula is C13H16FN3O2. The Bertz CT molecular complexity index is 581. The molecule has 1 atom stereocenters. The first-order chi connectivity index (χ1) is 8.91. The number of halogens is 1. The number of aliphatic hydroxyl groups is 1. The van der Waals surface area contributed by atoms with Crippen molar-refractivity contribution in [2.24, 2.45) is 5.73 Å². The van der Waals surface area contributed by atoms with Crippen LogP contribution in [0.15, 0.2) is 22.7 Å². The van der Waals surface area contributed by atoms with Gasteiger partial charge in [0, 0.05) is 12.1 Å². The number of aromatic nitrogens is 2. The Hall–Kier alpha value is -1.79. The van der Waals surface area contributed by atoms with Gasteiger partial charge in [-0.3, -0.25) is 0 Å². The van der Waals surface area contributed by atoms with Gasteiger partial charge in [-0.1, -0.05) is 11.2 Å². The molecule has 0 aliphatic heterocycles. The van der Waals surface area contributed by atoms with Crippen molar-refractivity contribution in [3.8, 4) is 11.4 Å². The molecule has 0 radical (unpaired) electrons. The molecule has 0 spiro atoms. The summed E-state index contributed by atoms with van der Waals surface area (Å²) in [6, 6.07) is 4.38. The molecule has 1 unspecified atom stereocenters. The number of hydrogen-bond acceptors (Lipinski definition) is 5. The van der Waals surface area contributed by atoms with Crippen LogP contribution in [-0.2, 0) is 6.42 Å². The van der Waals surface area contributed by atoms with Crippen molar-refractivity contribution in [1.29, 1.82) is 0 Å². The third-order valence-electron chi connectivity index (χ3n) is 2.88. The Labute approximate surface area is 110 Å². The first-order valence-electron chi connectivity index (χ1n) is 5.93. The number of nitrogens with two attached hydrogens (primary N) is 1. The molecule has 2 aromatic rings. The van der Waals surface area contributed by atoms with E-state index in [0.717, 1.165) is 5.56 Å². The summed E-state index contributed by atoms with van der Waals surface area (Å²) in [5.41, 5.74) is 5.75. The second-order valence-corrected chi connectivity index (χ2v) is 4.85. The van der Waals surface area contributed by atoms with Crippen molar-refractivity contribution >= 4 is 0 Å². The average Bonchev–Trinajstić information content (AvgIpc) is 2.80. The van der Waals surface area contributed by atoms with Crippen molar-refractivity contribution < 1.29 is 14.0 Å². The minimum atomic E-state index is -1.10. The van der Waals surface area contributed by atoms with Crippen LogP contribution in [0.3, 0.4) is 0 Å². The van der Waals surface area contributed by atoms with E-state index in [4.69, 9.17) is 10.3 Å². The zero-order valence-corrected chi connectivity index (χ0v) is 10.9. The van der Waals surface area contributed by atoms with E-state index in [-0.39, 0.29) is 24.7 Å². The Morgan fingerprint density at radius 1 is 1.47 bits per heavy atom. The van der Waals surface area contributed by atoms with Crippen LogP contribution in [0.2, 0.25) is 0 Å². The van der Waals surface area contributed by atoms with Crippen LogP contribution >= 0.6 is 0 Å². The van der Waals surface area contributed by atoms with E-state index in [1.807, 2.05) is 6.92 Å². The lowest BCUT2D eigenvalue weighted by Crippen LogP contribution is -2.36. The zero-order chi connectivity index (χ0) is 14.0. The molecule has 2 rings (SSSR count). The van der Waals surface area contributed by atoms with Crippen LogP contribution in [0.25, 0.3) is 11.4 Å². The van der Waals surface area contributed by atoms with Crippen LogP contribution in [0.5, 0.6) is 0 Å². The molecular weight excluding hydrogens is 249 g/mol. The minimum absolute atomic E-state index is 0.0870. The summed E-state index contributed by atoms with van der Waals surface area (Å²) in [5.74, 6) is 0.217. The fraction of sp³-hybridized carbons (Fsp3) is 0.385. The van der Waals surface area contributed by atoms with Crippen molar-refractivity contribution in [3.05, 3.63) is 35.5 Å². The standard InChI is InChI=1S/C13H16FN3O2/c1-8-3-4-9(14)5-10(8)12-16-11(19-17-12)6-13(2,18)7-15/h3-5,18H,6-7,15H2,1-2H3. The molecule has 1 heterocycles. The topological polar surface area (TPSA) is 85.2 Å². The highest BCUT2D eigenvalue weighted by Crippen LogP contribution is 2.22. The maximum atomic E-state index is 13.2. The van der Waals surface area contributed by atoms with Crippen LogP contribution in [-0.4, -0.2) is 27.4 Å². The zero-order valence-electron chi connectivity index (χ0n) is 10.9. The van der Waals surface area contributed by atoms with Gasteiger partial charge in [0.2, 0.25) is 11.7 Å². The number of nitrogens with zero attached hydrogens (tertiary/aromatic N) is 2. The van der Waals surface area contributed by atoms with Crippen molar-refractivity contribution in [2.75, 3.05) is 6.54 Å². The van der Waals surface area contributed by atoms with Gasteiger partial charge < -0.3 is 15.4 Å². The summed E-state index contributed by atoms with van der Waals surface area (Å²) in [7, 11) is 0. The lowest BCUT2D eigenvalue weighted by molar-refractivity contribution is 0.0610. The highest BCUT2D eigenvalue weighted by Gasteiger charge is 2.23. The largest absolute Gasteiger partial charge is 0.388 e. The molecule has 5 nitrogen and oxygen atoms in total. The molecule has 0 amide bonds. The second kappa shape index (κ2) is 5.07. The molecule has 3 N–H and O–H groups in total. The summed E-state index contributed by atoms with van der Waals surface area (Å²) in [6.07, 6.45) is 0.158. The smallest absolute Gasteiger partial charge is 0.229 e. The summed E-state index contributed by atoms with van der Waals surface area (Å²) in [5, 5.41) is 13.6. The number of benzene rings is 1. The minimum Gasteiger partial charge on any atom is -0.388 e. The van der Waals surface area contributed by atoms with Crippen molar-refractivity contribution in [3.63, 3.8) is 0 Å². The quantitative estimate of drug-likeness (QED) is 0.873. The van der Waals surface area contributed by atoms with Crippen LogP contribution in [0.4, 0.5) is 4.39 Å². The highest BCUT2D eigenvalue weighted by molar-refractivity contribution is 5.59. The first kappa shape index (κ1) is 13.6. The summed E-state index contributed by atoms with van der Waals surface area (Å²) < 4.78 is 18.3. The van der Waals surface area contributed by atoms with Gasteiger partial charge in [0.05, 0.1) is 12.0 Å². The predicted octanol–water partition coefficient (Wildman–Crippen LogP) is 1.44. The normalized spacial score (nSPS) is 14.4. The van der Waals surface area contributed by atoms with E-state index in [1.165, 1.54) is 12.1 Å². The average molecular weight is 265 g/mol. The molecule has 0 aliphatic rings. The summed E-state index contributed by atoms with van der Waals surface area (Å²) in [4.78, 5) is 4.16. The second-order valence-electron chi connectivity index (χ2n) is 4.85. The molecule has 0 aliphatic carbocycles. The molecule has 1 aromatic heterocycles. The van der Waals surface area contributed by atoms with Crippen LogP contribution in [0.1, 0.15) is 18.4 Å². The molecule has 0 saturated heterocycles. The molecule has 1 aromatic carbocycles. The predicted molar refractivity (Wildman–Crippen MR) is 67.8 cm³/mol. The van der Waals surface area contributed by atoms with Crippen LogP contribution < -0.4 is 5.73 Å². The van der Waals surface area contributed by atoms with Crippen molar-refractivity contribution in [1.82, 2.24) is 10.1 Å². The lowest BCUT2D eigenvalue weighted by Gasteiger charge is -2.17. The maximum Gasteiger partial charge on any atom is 0.229 e. The Balaban J connectivity index is 2.28. The van der Waals surface area contributed by atoms with E-state index < -0.39 is 5.60 Å². The molecule has 0 saturated carbocycles. The Morgan fingerprint density at radius 3 is 2.89 bits per heavy atom. The third-order valence-corrected chi connectivity index (χ3v) is 2.88. The number of aryl methyl sites for hydroxylation is 1. The fourth-order valence-corrected chi connectivity index (χ4v) is 1.67. The lowest BCUT2D eigenvalue weighted by atomic mass is 10.0. The molecule has 19 heavy (non-hydrogen) atoms. The summed E-state index contributed by atoms with van der Waals surface area (Å²) in [6.45, 7) is 3.51. The number of rotatable bonds is 4. The first-order valence-corrected chi connectivity index (χ1v) is 5.93. The Kier molecular flexibility index (Phi) is 3.64. The maximum absolute atomic E-state index is 13.2. The van der Waals surface area contributed by atoms with Gasteiger partial charge >= 0.3 is 0 Å². The van der Waals surface area contributed by atoms with Gasteiger partial charge in [0.1, 0.15) is 5.82 Å². The fourth-order valence-electron chi connectivity index (χ4n) is 1.67. The molecule has 6 heteroatoms. The summed E-state index contributed by atoms with van der Waals surface area (Å²) >= 11 is 0. The van der Waals surface area contributed by atoms with E-state index in [1.54, 1.807) is 13.0 Å². The van der Waals surface area contributed by atoms with Crippen LogP contribution in [0, 0.1) is 12.7 Å². The SMILES string of the molecule is Cc1ccc(F)cc1-c1noc(CC(C)(O)CN)n1. The molecule has 0 fully saturated rings.